The Morgan fingerprint density at radius 1 is 1.03 bits per heavy atom. The van der Waals surface area contributed by atoms with E-state index >= 15 is 0 Å². The van der Waals surface area contributed by atoms with Crippen molar-refractivity contribution in [2.24, 2.45) is 46.3 Å². The Morgan fingerprint density at radius 2 is 1.72 bits per heavy atom. The number of ether oxygens (including phenoxy) is 2. The third-order valence-electron chi connectivity index (χ3n) is 10.7. The summed E-state index contributed by atoms with van der Waals surface area (Å²) in [6.45, 7) is 8.83. The van der Waals surface area contributed by atoms with E-state index in [1.165, 1.54) is 32.8 Å². The summed E-state index contributed by atoms with van der Waals surface area (Å²) in [5.41, 5.74) is 0.489. The number of esters is 2. The maximum absolute atomic E-state index is 12.1. The third-order valence-corrected chi connectivity index (χ3v) is 10.7. The van der Waals surface area contributed by atoms with Crippen LogP contribution in [-0.4, -0.2) is 36.4 Å². The number of aliphatic hydroxyl groups excluding tert-OH is 1. The number of fused-ring (bicyclic) bond motifs is 5. The molecule has 182 valence electrons. The first-order chi connectivity index (χ1) is 15.1. The molecule has 4 saturated carbocycles. The van der Waals surface area contributed by atoms with E-state index in [-0.39, 0.29) is 35.0 Å². The Morgan fingerprint density at radius 3 is 2.41 bits per heavy atom. The summed E-state index contributed by atoms with van der Waals surface area (Å²) in [4.78, 5) is 23.8. The number of hydrogen-bond donors (Lipinski definition) is 1. The molecule has 32 heavy (non-hydrogen) atoms. The molecule has 1 N–H and O–H groups in total. The molecule has 0 unspecified atom stereocenters. The van der Waals surface area contributed by atoms with Crippen LogP contribution in [0.2, 0.25) is 0 Å². The average Bonchev–Trinajstić information content (AvgIpc) is 3.09. The number of aliphatic hydroxyl groups is 1. The largest absolute Gasteiger partial charge is 0.469 e. The zero-order chi connectivity index (χ0) is 23.3. The molecular weight excluding hydrogens is 404 g/mol. The van der Waals surface area contributed by atoms with E-state index < -0.39 is 0 Å². The van der Waals surface area contributed by atoms with Gasteiger partial charge in [-0.25, -0.2) is 0 Å². The van der Waals surface area contributed by atoms with Gasteiger partial charge in [0, 0.05) is 19.3 Å². The summed E-state index contributed by atoms with van der Waals surface area (Å²) in [5.74, 6) is 2.83. The average molecular weight is 449 g/mol. The monoisotopic (exact) mass is 448 g/mol. The summed E-state index contributed by atoms with van der Waals surface area (Å²) >= 11 is 0. The fourth-order valence-corrected chi connectivity index (χ4v) is 9.13. The van der Waals surface area contributed by atoms with Crippen LogP contribution in [0.1, 0.15) is 91.9 Å². The lowest BCUT2D eigenvalue weighted by atomic mass is 9.43. The van der Waals surface area contributed by atoms with Crippen molar-refractivity contribution in [3.63, 3.8) is 0 Å². The first kappa shape index (κ1) is 24.0. The molecule has 4 fully saturated rings. The Kier molecular flexibility index (Phi) is 6.70. The van der Waals surface area contributed by atoms with E-state index in [0.29, 0.717) is 41.9 Å². The maximum Gasteiger partial charge on any atom is 0.305 e. The van der Waals surface area contributed by atoms with E-state index in [9.17, 15) is 14.7 Å². The van der Waals surface area contributed by atoms with Gasteiger partial charge in [0.2, 0.25) is 0 Å². The van der Waals surface area contributed by atoms with E-state index in [2.05, 4.69) is 20.8 Å². The number of carbonyl (C=O) groups excluding carboxylic acids is 2. The van der Waals surface area contributed by atoms with Gasteiger partial charge in [0.25, 0.3) is 0 Å². The van der Waals surface area contributed by atoms with Gasteiger partial charge in [-0.2, -0.15) is 0 Å². The van der Waals surface area contributed by atoms with Crippen LogP contribution in [0.25, 0.3) is 0 Å². The SMILES string of the molecule is COC(=O)CC[C@@H](C)[C@H]1CC[C@H]2[C@@H]3[C@@H](OC(C)=O)C[C@H]4C[C@@H](O)CC[C@]4(C)[C@H]3CC[C@]12C. The van der Waals surface area contributed by atoms with Crippen LogP contribution in [0.3, 0.4) is 0 Å². The van der Waals surface area contributed by atoms with E-state index in [1.807, 2.05) is 0 Å². The molecule has 0 radical (unpaired) electrons. The molecular formula is C27H44O5. The fraction of sp³-hybridized carbons (Fsp3) is 0.926. The predicted octanol–water partition coefficient (Wildman–Crippen LogP) is 5.14. The first-order valence-electron chi connectivity index (χ1n) is 13.0. The highest BCUT2D eigenvalue weighted by atomic mass is 16.5. The molecule has 0 aromatic carbocycles. The lowest BCUT2D eigenvalue weighted by Gasteiger charge is -2.62. The van der Waals surface area contributed by atoms with Crippen molar-refractivity contribution in [3.8, 4) is 0 Å². The number of methoxy groups -OCH3 is 1. The van der Waals surface area contributed by atoms with Crippen LogP contribution in [0.5, 0.6) is 0 Å². The molecule has 4 aliphatic carbocycles. The van der Waals surface area contributed by atoms with Crippen molar-refractivity contribution >= 4 is 11.9 Å². The number of hydrogen-bond acceptors (Lipinski definition) is 5. The molecule has 4 aliphatic rings. The maximum atomic E-state index is 12.1. The first-order valence-corrected chi connectivity index (χ1v) is 13.0. The van der Waals surface area contributed by atoms with Crippen molar-refractivity contribution in [1.29, 1.82) is 0 Å². The molecule has 0 aliphatic heterocycles. The van der Waals surface area contributed by atoms with Crippen molar-refractivity contribution in [3.05, 3.63) is 0 Å². The second kappa shape index (κ2) is 8.92. The van der Waals surface area contributed by atoms with Crippen LogP contribution in [-0.2, 0) is 19.1 Å². The molecule has 4 rings (SSSR count). The molecule has 0 saturated heterocycles. The van der Waals surface area contributed by atoms with Crippen LogP contribution >= 0.6 is 0 Å². The van der Waals surface area contributed by atoms with Gasteiger partial charge in [-0.3, -0.25) is 9.59 Å². The quantitative estimate of drug-likeness (QED) is 0.590. The second-order valence-corrected chi connectivity index (χ2v) is 12.1. The highest BCUT2D eigenvalue weighted by Crippen LogP contribution is 2.68. The second-order valence-electron chi connectivity index (χ2n) is 12.1. The van der Waals surface area contributed by atoms with Crippen molar-refractivity contribution in [2.45, 2.75) is 104 Å². The van der Waals surface area contributed by atoms with Crippen LogP contribution in [0.4, 0.5) is 0 Å². The number of rotatable bonds is 5. The fourth-order valence-electron chi connectivity index (χ4n) is 9.13. The van der Waals surface area contributed by atoms with Gasteiger partial charge < -0.3 is 14.6 Å². The summed E-state index contributed by atoms with van der Waals surface area (Å²) in [7, 11) is 1.47. The van der Waals surface area contributed by atoms with Crippen LogP contribution < -0.4 is 0 Å². The van der Waals surface area contributed by atoms with Crippen molar-refractivity contribution in [1.82, 2.24) is 0 Å². The summed E-state index contributed by atoms with van der Waals surface area (Å²) in [6, 6.07) is 0. The van der Waals surface area contributed by atoms with Crippen LogP contribution in [0.15, 0.2) is 0 Å². The predicted molar refractivity (Wildman–Crippen MR) is 123 cm³/mol. The molecule has 0 amide bonds. The summed E-state index contributed by atoms with van der Waals surface area (Å²) < 4.78 is 10.9. The molecule has 0 heterocycles. The lowest BCUT2D eigenvalue weighted by Crippen LogP contribution is -2.59. The normalized spacial score (nSPS) is 46.4. The van der Waals surface area contributed by atoms with Gasteiger partial charge >= 0.3 is 11.9 Å². The smallest absolute Gasteiger partial charge is 0.305 e. The zero-order valence-electron chi connectivity index (χ0n) is 20.8. The minimum atomic E-state index is -0.206. The summed E-state index contributed by atoms with van der Waals surface area (Å²) in [5, 5.41) is 10.4. The van der Waals surface area contributed by atoms with Gasteiger partial charge in [-0.05, 0) is 98.2 Å². The molecule has 0 spiro atoms. The Hall–Kier alpha value is -1.10. The van der Waals surface area contributed by atoms with Crippen molar-refractivity contribution in [2.75, 3.05) is 7.11 Å². The van der Waals surface area contributed by atoms with Gasteiger partial charge in [0.05, 0.1) is 13.2 Å². The van der Waals surface area contributed by atoms with Gasteiger partial charge in [0.15, 0.2) is 0 Å². The van der Waals surface area contributed by atoms with Gasteiger partial charge in [-0.1, -0.05) is 20.8 Å². The van der Waals surface area contributed by atoms with Gasteiger partial charge in [0.1, 0.15) is 6.10 Å². The summed E-state index contributed by atoms with van der Waals surface area (Å²) in [6.07, 6.45) is 9.75. The molecule has 5 heteroatoms. The highest BCUT2D eigenvalue weighted by molar-refractivity contribution is 5.69. The minimum absolute atomic E-state index is 0.0189. The standard InChI is InChI=1S/C27H44O5/c1-16(6-9-24(30)31-5)20-7-8-21-25-22(11-13-27(20,21)4)26(3)12-10-19(29)14-18(26)15-23(25)32-17(2)28/h16,18-23,25,29H,6-15H2,1-5H3/t16-,18-,19+,20-,21+,22+,23+,25+,26+,27-/m1/s1. The zero-order valence-corrected chi connectivity index (χ0v) is 20.8. The van der Waals surface area contributed by atoms with E-state index in [4.69, 9.17) is 9.47 Å². The third kappa shape index (κ3) is 4.01. The molecule has 0 bridgehead atoms. The van der Waals surface area contributed by atoms with Gasteiger partial charge in [-0.15, -0.1) is 0 Å². The van der Waals surface area contributed by atoms with Crippen LogP contribution in [0, 0.1) is 46.3 Å². The Balaban J connectivity index is 1.59. The molecule has 0 aromatic heterocycles. The highest BCUT2D eigenvalue weighted by Gasteiger charge is 2.63. The Bertz CT molecular complexity index is 721. The molecule has 5 nitrogen and oxygen atoms in total. The molecule has 10 atom stereocenters. The Labute approximate surface area is 194 Å². The van der Waals surface area contributed by atoms with E-state index in [1.54, 1.807) is 6.92 Å². The lowest BCUT2D eigenvalue weighted by molar-refractivity contribution is -0.194. The topological polar surface area (TPSA) is 72.8 Å². The molecule has 0 aromatic rings. The van der Waals surface area contributed by atoms with E-state index in [0.717, 1.165) is 32.1 Å². The number of carbonyl (C=O) groups is 2. The minimum Gasteiger partial charge on any atom is -0.469 e. The van der Waals surface area contributed by atoms with Crippen molar-refractivity contribution < 1.29 is 24.2 Å².